The fourth-order valence-corrected chi connectivity index (χ4v) is 4.41. The molecule has 37 heavy (non-hydrogen) atoms. The number of carboxylic acid groups (broad SMARTS) is 1. The maximum Gasteiger partial charge on any atom is 1.00 e. The fraction of sp³-hybridized carbons (Fsp3) is 0.148. The van der Waals surface area contributed by atoms with Crippen LogP contribution in [0.1, 0.15) is 21.7 Å². The molecule has 0 atom stereocenters. The zero-order chi connectivity index (χ0) is 24.5. The average Bonchev–Trinajstić information content (AvgIpc) is 3.31. The van der Waals surface area contributed by atoms with Crippen molar-refractivity contribution >= 4 is 40.4 Å². The Kier molecular flexibility index (Phi) is 7.29. The van der Waals surface area contributed by atoms with Crippen molar-refractivity contribution in [1.82, 2.24) is 24.6 Å². The molecule has 0 amide bonds. The topological polar surface area (TPSA) is 109 Å². The third-order valence-corrected chi connectivity index (χ3v) is 6.16. The summed E-state index contributed by atoms with van der Waals surface area (Å²) in [7, 11) is 0. The Balaban J connectivity index is 0.00000280. The quantitative estimate of drug-likeness (QED) is 0.303. The van der Waals surface area contributed by atoms with Crippen LogP contribution in [0.3, 0.4) is 0 Å². The molecule has 0 spiro atoms. The predicted octanol–water partition coefficient (Wildman–Crippen LogP) is -0.286. The number of morpholine rings is 1. The van der Waals surface area contributed by atoms with Crippen LogP contribution in [0.5, 0.6) is 0 Å². The molecule has 1 fully saturated rings. The third kappa shape index (κ3) is 4.99. The summed E-state index contributed by atoms with van der Waals surface area (Å²) < 4.78 is 7.24. The summed E-state index contributed by atoms with van der Waals surface area (Å²) in [5.74, 6) is -1.29. The number of rotatable bonds is 5. The van der Waals surface area contributed by atoms with E-state index < -0.39 is 5.97 Å². The minimum atomic E-state index is -1.29. The van der Waals surface area contributed by atoms with Crippen molar-refractivity contribution in [2.75, 3.05) is 31.2 Å². The van der Waals surface area contributed by atoms with Crippen molar-refractivity contribution in [2.45, 2.75) is 0 Å². The first-order chi connectivity index (χ1) is 17.7. The van der Waals surface area contributed by atoms with E-state index in [-0.39, 0.29) is 35.1 Å². The number of carboxylic acids is 1. The second-order valence-corrected chi connectivity index (χ2v) is 8.41. The van der Waals surface area contributed by atoms with Crippen LogP contribution in [0.25, 0.3) is 40.0 Å². The molecule has 5 heterocycles. The van der Waals surface area contributed by atoms with Gasteiger partial charge in [0, 0.05) is 42.0 Å². The largest absolute Gasteiger partial charge is 1.00 e. The normalized spacial score (nSPS) is 13.8. The molecule has 0 saturated carbocycles. The molecule has 9 nitrogen and oxygen atoms in total. The molecule has 10 heteroatoms. The van der Waals surface area contributed by atoms with Gasteiger partial charge in [0.05, 0.1) is 48.0 Å². The number of aromatic carboxylic acids is 1. The number of pyridine rings is 2. The van der Waals surface area contributed by atoms with Crippen molar-refractivity contribution < 1.29 is 44.2 Å². The summed E-state index contributed by atoms with van der Waals surface area (Å²) in [6.45, 7) is 2.77. The number of hydrogen-bond donors (Lipinski definition) is 0. The molecule has 4 aromatic heterocycles. The van der Waals surface area contributed by atoms with Crippen LogP contribution in [0.2, 0.25) is 0 Å². The molecule has 0 bridgehead atoms. The van der Waals surface area contributed by atoms with Crippen LogP contribution < -0.4 is 39.6 Å². The van der Waals surface area contributed by atoms with E-state index in [0.717, 1.165) is 35.4 Å². The van der Waals surface area contributed by atoms with E-state index in [1.165, 1.54) is 12.3 Å². The molecule has 0 unspecified atom stereocenters. The van der Waals surface area contributed by atoms with Crippen LogP contribution in [0.4, 0.5) is 5.69 Å². The summed E-state index contributed by atoms with van der Waals surface area (Å²) in [6, 6.07) is 15.4. The Bertz CT molecular complexity index is 1630. The summed E-state index contributed by atoms with van der Waals surface area (Å²) >= 11 is 0. The predicted molar refractivity (Wildman–Crippen MR) is 134 cm³/mol. The third-order valence-electron chi connectivity index (χ3n) is 6.16. The number of fused-ring (bicyclic) bond motifs is 2. The smallest absolute Gasteiger partial charge is 0.545 e. The van der Waals surface area contributed by atoms with E-state index in [4.69, 9.17) is 14.7 Å². The van der Waals surface area contributed by atoms with E-state index in [1.807, 2.05) is 54.6 Å². The number of aromatic nitrogens is 5. The van der Waals surface area contributed by atoms with Gasteiger partial charge in [-0.1, -0.05) is 24.3 Å². The molecule has 0 aliphatic carbocycles. The second-order valence-electron chi connectivity index (χ2n) is 8.41. The first kappa shape index (κ1) is 25.0. The number of nitrogens with zero attached hydrogens (tertiary/aromatic N) is 6. The van der Waals surface area contributed by atoms with Gasteiger partial charge in [-0.3, -0.25) is 4.98 Å². The minimum absolute atomic E-state index is 0. The molecule has 0 N–H and O–H groups in total. The number of benzene rings is 1. The molecular weight excluding hydrogens is 479 g/mol. The molecule has 1 aliphatic heterocycles. The van der Waals surface area contributed by atoms with Gasteiger partial charge in [0.15, 0.2) is 5.65 Å². The van der Waals surface area contributed by atoms with Crippen molar-refractivity contribution in [3.8, 4) is 11.3 Å². The standard InChI is InChI=1S/C27H22N6O3.Na/c34-27(35)20-15-19(16-28-17-20)25-23(8-7-21-6-5-18-3-1-2-4-22(18)30-21)31-26-24(9-10-29-33(25)26)32-11-13-36-14-12-32;/h1-10,15-17H,11-14H2,(H,34,35);/q;+1/p-1/b8-7+;. The molecule has 1 aromatic carbocycles. The van der Waals surface area contributed by atoms with Gasteiger partial charge >= 0.3 is 29.6 Å². The van der Waals surface area contributed by atoms with Gasteiger partial charge in [0.1, 0.15) is 5.69 Å². The molecule has 6 rings (SSSR count). The van der Waals surface area contributed by atoms with Gasteiger partial charge in [-0.15, -0.1) is 0 Å². The van der Waals surface area contributed by atoms with Gasteiger partial charge in [0.25, 0.3) is 0 Å². The number of imidazole rings is 1. The number of anilines is 1. The molecule has 1 aliphatic rings. The number of carbonyl (C=O) groups is 1. The molecule has 0 radical (unpaired) electrons. The van der Waals surface area contributed by atoms with Crippen molar-refractivity contribution in [3.05, 3.63) is 84.1 Å². The molecule has 178 valence electrons. The first-order valence-corrected chi connectivity index (χ1v) is 11.6. The van der Waals surface area contributed by atoms with Gasteiger partial charge in [-0.2, -0.15) is 5.10 Å². The van der Waals surface area contributed by atoms with Crippen molar-refractivity contribution in [1.29, 1.82) is 0 Å². The van der Waals surface area contributed by atoms with Crippen molar-refractivity contribution in [2.24, 2.45) is 0 Å². The van der Waals surface area contributed by atoms with Gasteiger partial charge < -0.3 is 19.5 Å². The number of carbonyl (C=O) groups excluding carboxylic acids is 1. The van der Waals surface area contributed by atoms with E-state index in [0.29, 0.717) is 35.8 Å². The summed E-state index contributed by atoms with van der Waals surface area (Å²) in [5, 5.41) is 17.1. The van der Waals surface area contributed by atoms with Crippen LogP contribution in [-0.4, -0.2) is 56.8 Å². The number of hydrogen-bond acceptors (Lipinski definition) is 8. The first-order valence-electron chi connectivity index (χ1n) is 11.6. The zero-order valence-corrected chi connectivity index (χ0v) is 22.2. The fourth-order valence-electron chi connectivity index (χ4n) is 4.41. The Labute approximate surface area is 234 Å². The van der Waals surface area contributed by atoms with E-state index in [9.17, 15) is 9.90 Å². The van der Waals surface area contributed by atoms with Crippen LogP contribution in [0, 0.1) is 0 Å². The SMILES string of the molecule is O=C([O-])c1cncc(-c2c(/C=C/c3ccc4ccccc4n3)nc3c(N4CCOCC4)ccnn23)c1.[Na+]. The summed E-state index contributed by atoms with van der Waals surface area (Å²) in [5.41, 5.74) is 5.08. The average molecular weight is 500 g/mol. The Hall–Kier alpha value is -3.63. The number of ether oxygens (including phenoxy) is 1. The van der Waals surface area contributed by atoms with Crippen LogP contribution in [-0.2, 0) is 4.74 Å². The zero-order valence-electron chi connectivity index (χ0n) is 20.2. The van der Waals surface area contributed by atoms with E-state index in [1.54, 1.807) is 16.9 Å². The Morgan fingerprint density at radius 3 is 2.68 bits per heavy atom. The molecular formula is C27H21N6NaO3. The van der Waals surface area contributed by atoms with Crippen molar-refractivity contribution in [3.63, 3.8) is 0 Å². The second kappa shape index (κ2) is 10.8. The summed E-state index contributed by atoms with van der Waals surface area (Å²) in [4.78, 5) is 27.5. The van der Waals surface area contributed by atoms with Crippen LogP contribution in [0.15, 0.2) is 67.1 Å². The van der Waals surface area contributed by atoms with Gasteiger partial charge in [-0.05, 0) is 36.4 Å². The van der Waals surface area contributed by atoms with E-state index in [2.05, 4.69) is 15.0 Å². The Morgan fingerprint density at radius 1 is 1.00 bits per heavy atom. The Morgan fingerprint density at radius 2 is 1.84 bits per heavy atom. The molecule has 1 saturated heterocycles. The van der Waals surface area contributed by atoms with Gasteiger partial charge in [0.2, 0.25) is 0 Å². The number of para-hydroxylation sites is 1. The monoisotopic (exact) mass is 500 g/mol. The van der Waals surface area contributed by atoms with Gasteiger partial charge in [-0.25, -0.2) is 14.5 Å². The minimum Gasteiger partial charge on any atom is -0.545 e. The van der Waals surface area contributed by atoms with Crippen LogP contribution >= 0.6 is 0 Å². The summed E-state index contributed by atoms with van der Waals surface area (Å²) in [6.07, 6.45) is 8.35. The van der Waals surface area contributed by atoms with E-state index >= 15 is 0 Å². The maximum absolute atomic E-state index is 11.5. The maximum atomic E-state index is 11.5. The molecule has 5 aromatic rings.